The molecular weight excluding hydrogens is 193 g/mol. The Morgan fingerprint density at radius 2 is 2.27 bits per heavy atom. The summed E-state index contributed by atoms with van der Waals surface area (Å²) in [7, 11) is 0. The number of nitrogens with two attached hydrogens (primary N) is 1. The van der Waals surface area contributed by atoms with Crippen LogP contribution in [0.3, 0.4) is 0 Å². The molecular formula is C11H12FN3. The van der Waals surface area contributed by atoms with Gasteiger partial charge in [-0.3, -0.25) is 0 Å². The van der Waals surface area contributed by atoms with Crippen LogP contribution in [0.25, 0.3) is 5.69 Å². The van der Waals surface area contributed by atoms with E-state index in [1.165, 1.54) is 12.1 Å². The monoisotopic (exact) mass is 205 g/mol. The smallest absolute Gasteiger partial charge is 0.125 e. The lowest BCUT2D eigenvalue weighted by Gasteiger charge is -2.01. The molecule has 4 heteroatoms. The molecule has 0 aliphatic carbocycles. The van der Waals surface area contributed by atoms with Crippen LogP contribution in [0.4, 0.5) is 4.39 Å². The van der Waals surface area contributed by atoms with E-state index in [1.807, 2.05) is 6.92 Å². The topological polar surface area (TPSA) is 43.8 Å². The van der Waals surface area contributed by atoms with E-state index in [2.05, 4.69) is 5.10 Å². The van der Waals surface area contributed by atoms with Crippen LogP contribution in [0.15, 0.2) is 36.7 Å². The third-order valence-corrected chi connectivity index (χ3v) is 2.20. The van der Waals surface area contributed by atoms with Crippen LogP contribution >= 0.6 is 0 Å². The second-order valence-corrected chi connectivity index (χ2v) is 3.49. The number of aromatic nitrogens is 2. The maximum atomic E-state index is 13.0. The van der Waals surface area contributed by atoms with Crippen molar-refractivity contribution in [2.24, 2.45) is 5.73 Å². The lowest BCUT2D eigenvalue weighted by atomic mass is 10.2. The number of benzene rings is 1. The Morgan fingerprint density at radius 1 is 1.47 bits per heavy atom. The van der Waals surface area contributed by atoms with E-state index in [1.54, 1.807) is 29.2 Å². The molecule has 0 radical (unpaired) electrons. The van der Waals surface area contributed by atoms with E-state index in [4.69, 9.17) is 5.73 Å². The van der Waals surface area contributed by atoms with E-state index >= 15 is 0 Å². The van der Waals surface area contributed by atoms with Gasteiger partial charge < -0.3 is 5.73 Å². The lowest BCUT2D eigenvalue weighted by Crippen LogP contribution is -2.03. The molecule has 0 saturated heterocycles. The van der Waals surface area contributed by atoms with Crippen molar-refractivity contribution in [3.8, 4) is 5.69 Å². The fourth-order valence-electron chi connectivity index (χ4n) is 1.33. The van der Waals surface area contributed by atoms with Gasteiger partial charge in [0.2, 0.25) is 0 Å². The average Bonchev–Trinajstić information content (AvgIpc) is 2.66. The van der Waals surface area contributed by atoms with Crippen LogP contribution in [-0.4, -0.2) is 9.78 Å². The van der Waals surface area contributed by atoms with Crippen molar-refractivity contribution in [3.05, 3.63) is 48.0 Å². The lowest BCUT2D eigenvalue weighted by molar-refractivity contribution is 0.625. The maximum Gasteiger partial charge on any atom is 0.125 e. The number of nitrogens with zero attached hydrogens (tertiary/aromatic N) is 2. The van der Waals surface area contributed by atoms with Gasteiger partial charge in [0.1, 0.15) is 5.82 Å². The highest BCUT2D eigenvalue weighted by atomic mass is 19.1. The first-order chi connectivity index (χ1) is 7.16. The third-order valence-electron chi connectivity index (χ3n) is 2.20. The number of hydrogen-bond donors (Lipinski definition) is 1. The maximum absolute atomic E-state index is 13.0. The first-order valence-corrected chi connectivity index (χ1v) is 4.73. The third kappa shape index (κ3) is 2.05. The highest BCUT2D eigenvalue weighted by molar-refractivity contribution is 5.32. The Bertz CT molecular complexity index is 462. The number of hydrogen-bond acceptors (Lipinski definition) is 2. The quantitative estimate of drug-likeness (QED) is 0.815. The van der Waals surface area contributed by atoms with Crippen molar-refractivity contribution < 1.29 is 4.39 Å². The minimum absolute atomic E-state index is 0.0627. The van der Waals surface area contributed by atoms with Gasteiger partial charge in [0.15, 0.2) is 0 Å². The van der Waals surface area contributed by atoms with E-state index in [0.717, 1.165) is 5.56 Å². The van der Waals surface area contributed by atoms with E-state index in [0.29, 0.717) is 5.69 Å². The fourth-order valence-corrected chi connectivity index (χ4v) is 1.33. The van der Waals surface area contributed by atoms with E-state index in [9.17, 15) is 4.39 Å². The van der Waals surface area contributed by atoms with Crippen LogP contribution in [0, 0.1) is 5.82 Å². The van der Waals surface area contributed by atoms with E-state index in [-0.39, 0.29) is 11.9 Å². The summed E-state index contributed by atoms with van der Waals surface area (Å²) in [6, 6.07) is 6.21. The Hall–Kier alpha value is -1.68. The number of halogens is 1. The highest BCUT2D eigenvalue weighted by Gasteiger charge is 2.04. The molecule has 1 atom stereocenters. The van der Waals surface area contributed by atoms with Gasteiger partial charge in [0, 0.05) is 17.8 Å². The summed E-state index contributed by atoms with van der Waals surface area (Å²) in [5.74, 6) is -0.273. The largest absolute Gasteiger partial charge is 0.324 e. The van der Waals surface area contributed by atoms with Crippen LogP contribution in [0.1, 0.15) is 18.5 Å². The first-order valence-electron chi connectivity index (χ1n) is 4.73. The van der Waals surface area contributed by atoms with Crippen molar-refractivity contribution in [2.45, 2.75) is 13.0 Å². The molecule has 78 valence electrons. The fraction of sp³-hybridized carbons (Fsp3) is 0.182. The summed E-state index contributed by atoms with van der Waals surface area (Å²) < 4.78 is 14.6. The van der Waals surface area contributed by atoms with Crippen LogP contribution < -0.4 is 5.73 Å². The van der Waals surface area contributed by atoms with Gasteiger partial charge in [-0.25, -0.2) is 9.07 Å². The summed E-state index contributed by atoms with van der Waals surface area (Å²) in [5.41, 5.74) is 7.33. The van der Waals surface area contributed by atoms with Crippen molar-refractivity contribution in [1.82, 2.24) is 9.78 Å². The molecule has 15 heavy (non-hydrogen) atoms. The molecule has 0 fully saturated rings. The Labute approximate surface area is 87.3 Å². The van der Waals surface area contributed by atoms with Crippen molar-refractivity contribution >= 4 is 0 Å². The Kier molecular flexibility index (Phi) is 2.51. The first kappa shape index (κ1) is 9.86. The van der Waals surface area contributed by atoms with Gasteiger partial charge in [-0.1, -0.05) is 6.07 Å². The standard InChI is InChI=1S/C11H12FN3/c1-8(13)9-6-14-15(7-9)11-4-2-3-10(12)5-11/h2-8H,13H2,1H3. The Morgan fingerprint density at radius 3 is 2.87 bits per heavy atom. The molecule has 0 bridgehead atoms. The van der Waals surface area contributed by atoms with Gasteiger partial charge in [-0.05, 0) is 25.1 Å². The molecule has 0 aliphatic heterocycles. The van der Waals surface area contributed by atoms with E-state index < -0.39 is 0 Å². The number of rotatable bonds is 2. The zero-order chi connectivity index (χ0) is 10.8. The Balaban J connectivity index is 2.37. The van der Waals surface area contributed by atoms with Crippen molar-refractivity contribution in [3.63, 3.8) is 0 Å². The van der Waals surface area contributed by atoms with Crippen LogP contribution in [-0.2, 0) is 0 Å². The minimum atomic E-state index is -0.273. The van der Waals surface area contributed by atoms with Gasteiger partial charge in [-0.2, -0.15) is 5.10 Å². The molecule has 1 aromatic heterocycles. The predicted octanol–water partition coefficient (Wildman–Crippen LogP) is 2.03. The van der Waals surface area contributed by atoms with Gasteiger partial charge >= 0.3 is 0 Å². The molecule has 1 heterocycles. The molecule has 2 aromatic rings. The zero-order valence-corrected chi connectivity index (χ0v) is 8.39. The average molecular weight is 205 g/mol. The minimum Gasteiger partial charge on any atom is -0.324 e. The molecule has 1 unspecified atom stereocenters. The molecule has 1 aromatic carbocycles. The molecule has 3 nitrogen and oxygen atoms in total. The summed E-state index contributed by atoms with van der Waals surface area (Å²) in [6.45, 7) is 1.88. The van der Waals surface area contributed by atoms with Crippen LogP contribution in [0.5, 0.6) is 0 Å². The second-order valence-electron chi connectivity index (χ2n) is 3.49. The SMILES string of the molecule is CC(N)c1cnn(-c2cccc(F)c2)c1. The van der Waals surface area contributed by atoms with Gasteiger partial charge in [-0.15, -0.1) is 0 Å². The van der Waals surface area contributed by atoms with Crippen molar-refractivity contribution in [1.29, 1.82) is 0 Å². The summed E-state index contributed by atoms with van der Waals surface area (Å²) >= 11 is 0. The summed E-state index contributed by atoms with van der Waals surface area (Å²) in [5, 5.41) is 4.12. The molecule has 2 N–H and O–H groups in total. The normalized spacial score (nSPS) is 12.7. The molecule has 0 amide bonds. The molecule has 2 rings (SSSR count). The molecule has 0 saturated carbocycles. The van der Waals surface area contributed by atoms with Gasteiger partial charge in [0.25, 0.3) is 0 Å². The van der Waals surface area contributed by atoms with Crippen LogP contribution in [0.2, 0.25) is 0 Å². The van der Waals surface area contributed by atoms with Gasteiger partial charge in [0.05, 0.1) is 11.9 Å². The summed E-state index contributed by atoms with van der Waals surface area (Å²) in [4.78, 5) is 0. The molecule has 0 spiro atoms. The molecule has 0 aliphatic rings. The highest BCUT2D eigenvalue weighted by Crippen LogP contribution is 2.13. The van der Waals surface area contributed by atoms with Crippen molar-refractivity contribution in [2.75, 3.05) is 0 Å². The second kappa shape index (κ2) is 3.82. The summed E-state index contributed by atoms with van der Waals surface area (Å²) in [6.07, 6.45) is 3.50. The predicted molar refractivity (Wildman–Crippen MR) is 56.1 cm³/mol. The zero-order valence-electron chi connectivity index (χ0n) is 8.39.